The van der Waals surface area contributed by atoms with Crippen LogP contribution < -0.4 is 10.6 Å². The van der Waals surface area contributed by atoms with Gasteiger partial charge in [-0.15, -0.1) is 22.0 Å². The molecule has 0 spiro atoms. The van der Waals surface area contributed by atoms with Crippen LogP contribution in [0, 0.1) is 0 Å². The molecule has 34 heavy (non-hydrogen) atoms. The quantitative estimate of drug-likeness (QED) is 0.353. The molecule has 0 aliphatic carbocycles. The van der Waals surface area contributed by atoms with Gasteiger partial charge < -0.3 is 20.2 Å². The molecule has 0 saturated carbocycles. The molecule has 1 atom stereocenters. The summed E-state index contributed by atoms with van der Waals surface area (Å²) in [6, 6.07) is 14.7. The SMILES string of the molecule is CC1(C)Sc2cc(Nc3ncc(-c4nnco4)c(N[C@H](CO)c4ccccc4)n3)ccc2C1=O. The van der Waals surface area contributed by atoms with Gasteiger partial charge in [0.1, 0.15) is 5.82 Å². The van der Waals surface area contributed by atoms with Crippen LogP contribution in [-0.4, -0.2) is 42.4 Å². The van der Waals surface area contributed by atoms with Crippen LogP contribution in [0.3, 0.4) is 0 Å². The van der Waals surface area contributed by atoms with Crippen molar-refractivity contribution < 1.29 is 14.3 Å². The minimum atomic E-state index is -0.475. The fourth-order valence-electron chi connectivity index (χ4n) is 3.73. The molecule has 4 aromatic rings. The zero-order valence-electron chi connectivity index (χ0n) is 18.5. The number of nitrogens with one attached hydrogen (secondary N) is 2. The van der Waals surface area contributed by atoms with E-state index in [0.29, 0.717) is 17.3 Å². The fraction of sp³-hybridized carbons (Fsp3) is 0.208. The number of thioether (sulfide) groups is 1. The Kier molecular flexibility index (Phi) is 5.76. The molecule has 3 heterocycles. The van der Waals surface area contributed by atoms with E-state index in [1.807, 2.05) is 62.4 Å². The van der Waals surface area contributed by atoms with Crippen molar-refractivity contribution in [3.8, 4) is 11.5 Å². The number of nitrogens with zero attached hydrogens (tertiary/aromatic N) is 4. The summed E-state index contributed by atoms with van der Waals surface area (Å²) < 4.78 is 4.88. The van der Waals surface area contributed by atoms with E-state index in [4.69, 9.17) is 4.42 Å². The summed E-state index contributed by atoms with van der Waals surface area (Å²) in [6.07, 6.45) is 2.82. The van der Waals surface area contributed by atoms with E-state index in [2.05, 4.69) is 30.8 Å². The van der Waals surface area contributed by atoms with Crippen molar-refractivity contribution in [2.75, 3.05) is 17.2 Å². The Hall–Kier alpha value is -3.76. The number of aliphatic hydroxyl groups excluding tert-OH is 1. The van der Waals surface area contributed by atoms with Gasteiger partial charge in [-0.05, 0) is 37.6 Å². The van der Waals surface area contributed by atoms with Crippen LogP contribution in [0.15, 0.2) is 70.4 Å². The number of aromatic nitrogens is 4. The summed E-state index contributed by atoms with van der Waals surface area (Å²) in [5, 5.41) is 24.2. The van der Waals surface area contributed by atoms with Gasteiger partial charge >= 0.3 is 0 Å². The molecule has 172 valence electrons. The van der Waals surface area contributed by atoms with Crippen LogP contribution in [0.4, 0.5) is 17.5 Å². The zero-order valence-corrected chi connectivity index (χ0v) is 19.3. The first-order valence-electron chi connectivity index (χ1n) is 10.7. The van der Waals surface area contributed by atoms with Gasteiger partial charge in [-0.2, -0.15) is 4.98 Å². The van der Waals surface area contributed by atoms with Gasteiger partial charge in [0, 0.05) is 22.3 Å². The topological polar surface area (TPSA) is 126 Å². The van der Waals surface area contributed by atoms with Crippen LogP contribution in [0.1, 0.15) is 35.8 Å². The molecule has 5 rings (SSSR count). The first kappa shape index (κ1) is 22.1. The van der Waals surface area contributed by atoms with E-state index in [0.717, 1.165) is 21.7 Å². The summed E-state index contributed by atoms with van der Waals surface area (Å²) >= 11 is 1.54. The third-order valence-corrected chi connectivity index (χ3v) is 6.72. The molecule has 1 aliphatic heterocycles. The molecular weight excluding hydrogens is 452 g/mol. The maximum absolute atomic E-state index is 12.5. The van der Waals surface area contributed by atoms with Crippen molar-refractivity contribution >= 4 is 35.0 Å². The van der Waals surface area contributed by atoms with Gasteiger partial charge in [0.25, 0.3) is 5.89 Å². The van der Waals surface area contributed by atoms with Gasteiger partial charge in [-0.25, -0.2) is 4.98 Å². The van der Waals surface area contributed by atoms with Crippen molar-refractivity contribution in [3.63, 3.8) is 0 Å². The minimum absolute atomic E-state index is 0.127. The van der Waals surface area contributed by atoms with E-state index in [1.54, 1.807) is 18.0 Å². The Morgan fingerprint density at radius 2 is 1.97 bits per heavy atom. The Bertz CT molecular complexity index is 1330. The first-order chi connectivity index (χ1) is 16.4. The highest BCUT2D eigenvalue weighted by atomic mass is 32.2. The van der Waals surface area contributed by atoms with Crippen molar-refractivity contribution in [2.45, 2.75) is 29.5 Å². The van der Waals surface area contributed by atoms with Crippen LogP contribution in [0.25, 0.3) is 11.5 Å². The van der Waals surface area contributed by atoms with E-state index in [9.17, 15) is 9.90 Å². The van der Waals surface area contributed by atoms with Gasteiger partial charge in [0.05, 0.1) is 23.0 Å². The number of carbonyl (C=O) groups excluding carboxylic acids is 1. The Morgan fingerprint density at radius 3 is 2.71 bits per heavy atom. The molecule has 0 radical (unpaired) electrons. The number of hydrogen-bond donors (Lipinski definition) is 3. The fourth-order valence-corrected chi connectivity index (χ4v) is 4.94. The van der Waals surface area contributed by atoms with E-state index in [1.165, 1.54) is 6.39 Å². The normalized spacial score (nSPS) is 15.1. The van der Waals surface area contributed by atoms with E-state index >= 15 is 0 Å². The number of fused-ring (bicyclic) bond motifs is 1. The molecule has 0 fully saturated rings. The standard InChI is InChI=1S/C24H22N6O3S/c1-24(2)20(32)16-9-8-15(10-19(16)34-24)27-23-25-11-17(22-30-26-13-33-22)21(29-23)28-18(12-31)14-6-4-3-5-7-14/h3-11,13,18,31H,12H2,1-2H3,(H2,25,27,28,29)/t18-/m1/s1. The molecule has 3 N–H and O–H groups in total. The van der Waals surface area contributed by atoms with Gasteiger partial charge in [0.2, 0.25) is 12.3 Å². The highest BCUT2D eigenvalue weighted by Gasteiger charge is 2.38. The average Bonchev–Trinajstić information content (AvgIpc) is 3.44. The molecule has 1 aliphatic rings. The summed E-state index contributed by atoms with van der Waals surface area (Å²) in [5.74, 6) is 1.15. The predicted octanol–water partition coefficient (Wildman–Crippen LogP) is 4.48. The Labute approximate surface area is 200 Å². The summed E-state index contributed by atoms with van der Waals surface area (Å²) in [4.78, 5) is 22.5. The molecule has 10 heteroatoms. The molecule has 2 aromatic carbocycles. The largest absolute Gasteiger partial charge is 0.423 e. The van der Waals surface area contributed by atoms with Crippen molar-refractivity contribution in [2.24, 2.45) is 0 Å². The number of ketones is 1. The lowest BCUT2D eigenvalue weighted by molar-refractivity contribution is 0.0961. The minimum Gasteiger partial charge on any atom is -0.423 e. The van der Waals surface area contributed by atoms with E-state index in [-0.39, 0.29) is 18.3 Å². The highest BCUT2D eigenvalue weighted by Crippen LogP contribution is 2.45. The number of rotatable bonds is 7. The van der Waals surface area contributed by atoms with Gasteiger partial charge in [-0.3, -0.25) is 4.79 Å². The van der Waals surface area contributed by atoms with E-state index < -0.39 is 10.8 Å². The molecule has 0 bridgehead atoms. The summed E-state index contributed by atoms with van der Waals surface area (Å²) in [6.45, 7) is 3.70. The number of benzene rings is 2. The third kappa shape index (κ3) is 4.25. The lowest BCUT2D eigenvalue weighted by Crippen LogP contribution is -2.21. The lowest BCUT2D eigenvalue weighted by atomic mass is 10.0. The van der Waals surface area contributed by atoms with Crippen LogP contribution in [0.2, 0.25) is 0 Å². The average molecular weight is 475 g/mol. The molecule has 0 saturated heterocycles. The van der Waals surface area contributed by atoms with Crippen LogP contribution >= 0.6 is 11.8 Å². The van der Waals surface area contributed by atoms with Crippen molar-refractivity contribution in [1.82, 2.24) is 20.2 Å². The second kappa shape index (κ2) is 8.88. The zero-order chi connectivity index (χ0) is 23.7. The summed E-state index contributed by atoms with van der Waals surface area (Å²) in [7, 11) is 0. The molecule has 9 nitrogen and oxygen atoms in total. The molecular formula is C24H22N6O3S. The van der Waals surface area contributed by atoms with Crippen molar-refractivity contribution in [3.05, 3.63) is 72.2 Å². The second-order valence-electron chi connectivity index (χ2n) is 8.27. The summed E-state index contributed by atoms with van der Waals surface area (Å²) in [5.41, 5.74) is 2.89. The maximum atomic E-state index is 12.5. The number of Topliss-reactive ketones (excluding diaryl/α,β-unsaturated/α-hetero) is 1. The third-order valence-electron chi connectivity index (χ3n) is 5.47. The molecule has 0 amide bonds. The van der Waals surface area contributed by atoms with Crippen LogP contribution in [-0.2, 0) is 0 Å². The lowest BCUT2D eigenvalue weighted by Gasteiger charge is -2.19. The number of anilines is 3. The smallest absolute Gasteiger partial charge is 0.252 e. The highest BCUT2D eigenvalue weighted by molar-refractivity contribution is 8.02. The van der Waals surface area contributed by atoms with Gasteiger partial charge in [0.15, 0.2) is 5.78 Å². The molecule has 2 aromatic heterocycles. The first-order valence-corrected chi connectivity index (χ1v) is 11.5. The monoisotopic (exact) mass is 474 g/mol. The molecule has 0 unspecified atom stereocenters. The Morgan fingerprint density at radius 1 is 1.15 bits per heavy atom. The number of aliphatic hydroxyl groups is 1. The maximum Gasteiger partial charge on any atom is 0.252 e. The number of hydrogen-bond acceptors (Lipinski definition) is 10. The van der Waals surface area contributed by atoms with Crippen molar-refractivity contribution in [1.29, 1.82) is 0 Å². The van der Waals surface area contributed by atoms with Crippen LogP contribution in [0.5, 0.6) is 0 Å². The Balaban J connectivity index is 1.46. The predicted molar refractivity (Wildman–Crippen MR) is 129 cm³/mol. The number of carbonyl (C=O) groups is 1. The second-order valence-corrected chi connectivity index (χ2v) is 9.93. The van der Waals surface area contributed by atoms with Gasteiger partial charge in [-0.1, -0.05) is 30.3 Å².